The zero-order valence-corrected chi connectivity index (χ0v) is 17.9. The van der Waals surface area contributed by atoms with Crippen molar-refractivity contribution < 1.29 is 9.90 Å². The number of aromatic nitrogens is 1. The van der Waals surface area contributed by atoms with Crippen LogP contribution in [-0.4, -0.2) is 40.1 Å². The highest BCUT2D eigenvalue weighted by molar-refractivity contribution is 7.11. The van der Waals surface area contributed by atoms with E-state index in [0.717, 1.165) is 37.4 Å². The maximum absolute atomic E-state index is 12.9. The highest BCUT2D eigenvalue weighted by Gasteiger charge is 2.53. The van der Waals surface area contributed by atoms with E-state index in [1.54, 1.807) is 0 Å². The Hall–Kier alpha value is -0.940. The van der Waals surface area contributed by atoms with Gasteiger partial charge >= 0.3 is 0 Å². The van der Waals surface area contributed by atoms with Crippen molar-refractivity contribution in [3.8, 4) is 0 Å². The lowest BCUT2D eigenvalue weighted by Gasteiger charge is -2.53. The highest BCUT2D eigenvalue weighted by atomic mass is 32.1. The molecule has 0 aliphatic heterocycles. The second kappa shape index (κ2) is 7.23. The van der Waals surface area contributed by atoms with Gasteiger partial charge in [0.15, 0.2) is 0 Å². The molecule has 26 heavy (non-hydrogen) atoms. The van der Waals surface area contributed by atoms with E-state index in [9.17, 15) is 9.90 Å². The number of thiazole rings is 1. The summed E-state index contributed by atoms with van der Waals surface area (Å²) in [6.07, 6.45) is 2.59. The summed E-state index contributed by atoms with van der Waals surface area (Å²) in [7, 11) is 0. The Kier molecular flexibility index (Phi) is 5.51. The Labute approximate surface area is 162 Å². The molecule has 0 spiro atoms. The lowest BCUT2D eigenvalue weighted by atomic mass is 9.53. The van der Waals surface area contributed by atoms with Gasteiger partial charge < -0.3 is 10.0 Å². The largest absolute Gasteiger partial charge is 0.392 e. The minimum Gasteiger partial charge on any atom is -0.392 e. The fourth-order valence-corrected chi connectivity index (χ4v) is 6.91. The Morgan fingerprint density at radius 1 is 1.42 bits per heavy atom. The van der Waals surface area contributed by atoms with Crippen molar-refractivity contribution in [2.45, 2.75) is 72.8 Å². The molecule has 0 bridgehead atoms. The molecule has 1 fully saturated rings. The van der Waals surface area contributed by atoms with Crippen molar-refractivity contribution in [2.24, 2.45) is 23.2 Å². The van der Waals surface area contributed by atoms with Gasteiger partial charge in [0.05, 0.1) is 16.8 Å². The van der Waals surface area contributed by atoms with Crippen LogP contribution in [0, 0.1) is 30.1 Å². The first kappa shape index (κ1) is 19.8. The summed E-state index contributed by atoms with van der Waals surface area (Å²) in [6, 6.07) is 0. The van der Waals surface area contributed by atoms with E-state index in [1.165, 1.54) is 10.6 Å². The van der Waals surface area contributed by atoms with Gasteiger partial charge in [0.25, 0.3) is 0 Å². The van der Waals surface area contributed by atoms with Crippen LogP contribution in [0.15, 0.2) is 0 Å². The quantitative estimate of drug-likeness (QED) is 0.861. The summed E-state index contributed by atoms with van der Waals surface area (Å²) in [6.45, 7) is 14.2. The molecule has 0 radical (unpaired) electrons. The predicted octanol–water partition coefficient (Wildman–Crippen LogP) is 4.01. The van der Waals surface area contributed by atoms with Crippen molar-refractivity contribution in [2.75, 3.05) is 13.1 Å². The number of fused-ring (bicyclic) bond motifs is 2. The average Bonchev–Trinajstić information content (AvgIpc) is 2.95. The van der Waals surface area contributed by atoms with Gasteiger partial charge in [-0.05, 0) is 57.3 Å². The third-order valence-corrected chi connectivity index (χ3v) is 8.12. The monoisotopic (exact) mass is 378 g/mol. The topological polar surface area (TPSA) is 53.4 Å². The number of hydrogen-bond acceptors (Lipinski definition) is 4. The van der Waals surface area contributed by atoms with E-state index in [-0.39, 0.29) is 35.0 Å². The molecule has 5 heteroatoms. The zero-order valence-electron chi connectivity index (χ0n) is 17.1. The number of aryl methyl sites for hydroxylation is 1. The van der Waals surface area contributed by atoms with Crippen LogP contribution in [0.5, 0.6) is 0 Å². The number of nitrogens with zero attached hydrogens (tertiary/aromatic N) is 2. The SMILES string of the molecule is CCN(CC)C(=O)[C@@H](C)[C@H]1CC[C@@]2(C)Cc3sc(C)nc3[C@@H](C)[C@@H]2[C@H]1O. The second-order valence-corrected chi connectivity index (χ2v) is 9.97. The smallest absolute Gasteiger partial charge is 0.225 e. The van der Waals surface area contributed by atoms with Gasteiger partial charge in [-0.1, -0.05) is 20.8 Å². The van der Waals surface area contributed by atoms with E-state index in [4.69, 9.17) is 4.98 Å². The number of carbonyl (C=O) groups excluding carboxylic acids is 1. The molecular weight excluding hydrogens is 344 g/mol. The molecule has 0 aromatic carbocycles. The van der Waals surface area contributed by atoms with Crippen molar-refractivity contribution >= 4 is 17.2 Å². The molecule has 1 heterocycles. The molecule has 6 atom stereocenters. The van der Waals surface area contributed by atoms with Crippen LogP contribution >= 0.6 is 11.3 Å². The van der Waals surface area contributed by atoms with Crippen molar-refractivity contribution in [1.82, 2.24) is 9.88 Å². The molecule has 3 rings (SSSR count). The number of aliphatic hydroxyl groups is 1. The zero-order chi connectivity index (χ0) is 19.2. The maximum atomic E-state index is 12.9. The average molecular weight is 379 g/mol. The molecule has 1 amide bonds. The van der Waals surface area contributed by atoms with Crippen LogP contribution in [0.4, 0.5) is 0 Å². The summed E-state index contributed by atoms with van der Waals surface area (Å²) in [5.74, 6) is 0.547. The molecule has 1 aromatic rings. The molecule has 1 N–H and O–H groups in total. The van der Waals surface area contributed by atoms with E-state index in [2.05, 4.69) is 20.8 Å². The summed E-state index contributed by atoms with van der Waals surface area (Å²) in [5.41, 5.74) is 1.30. The van der Waals surface area contributed by atoms with Gasteiger partial charge in [0.1, 0.15) is 0 Å². The molecule has 0 saturated heterocycles. The first-order chi connectivity index (χ1) is 12.2. The number of amides is 1. The molecule has 2 aliphatic rings. The van der Waals surface area contributed by atoms with Crippen LogP contribution in [-0.2, 0) is 11.2 Å². The summed E-state index contributed by atoms with van der Waals surface area (Å²) < 4.78 is 0. The van der Waals surface area contributed by atoms with Crippen LogP contribution < -0.4 is 0 Å². The number of rotatable bonds is 4. The Morgan fingerprint density at radius 2 is 2.08 bits per heavy atom. The van der Waals surface area contributed by atoms with E-state index in [1.807, 2.05) is 37.0 Å². The Morgan fingerprint density at radius 3 is 2.69 bits per heavy atom. The second-order valence-electron chi connectivity index (χ2n) is 8.68. The number of aliphatic hydroxyl groups excluding tert-OH is 1. The van der Waals surface area contributed by atoms with E-state index >= 15 is 0 Å². The number of carbonyl (C=O) groups is 1. The highest BCUT2D eigenvalue weighted by Crippen LogP contribution is 2.57. The van der Waals surface area contributed by atoms with Gasteiger partial charge in [-0.3, -0.25) is 4.79 Å². The minimum absolute atomic E-state index is 0.0462. The van der Waals surface area contributed by atoms with E-state index < -0.39 is 6.10 Å². The molecule has 146 valence electrons. The van der Waals surface area contributed by atoms with Crippen LogP contribution in [0.3, 0.4) is 0 Å². The fourth-order valence-electron chi connectivity index (χ4n) is 5.67. The van der Waals surface area contributed by atoms with Crippen LogP contribution in [0.2, 0.25) is 0 Å². The van der Waals surface area contributed by atoms with Gasteiger partial charge in [-0.15, -0.1) is 11.3 Å². The van der Waals surface area contributed by atoms with Crippen LogP contribution in [0.25, 0.3) is 0 Å². The maximum Gasteiger partial charge on any atom is 0.225 e. The number of hydrogen-bond donors (Lipinski definition) is 1. The van der Waals surface area contributed by atoms with Gasteiger partial charge in [-0.2, -0.15) is 0 Å². The fraction of sp³-hybridized carbons (Fsp3) is 0.810. The first-order valence-corrected chi connectivity index (χ1v) is 11.0. The summed E-state index contributed by atoms with van der Waals surface area (Å²) in [4.78, 5) is 21.0. The van der Waals surface area contributed by atoms with E-state index in [0.29, 0.717) is 0 Å². The molecule has 2 aliphatic carbocycles. The van der Waals surface area contributed by atoms with Crippen molar-refractivity contribution in [3.63, 3.8) is 0 Å². The Balaban J connectivity index is 1.87. The molecule has 1 saturated carbocycles. The minimum atomic E-state index is -0.437. The first-order valence-electron chi connectivity index (χ1n) is 10.2. The third kappa shape index (κ3) is 3.11. The molecular formula is C21H34N2O2S. The van der Waals surface area contributed by atoms with Crippen molar-refractivity contribution in [1.29, 1.82) is 0 Å². The Bertz CT molecular complexity index is 669. The summed E-state index contributed by atoms with van der Waals surface area (Å²) >= 11 is 1.82. The van der Waals surface area contributed by atoms with Gasteiger partial charge in [0.2, 0.25) is 5.91 Å². The molecule has 1 aromatic heterocycles. The van der Waals surface area contributed by atoms with Gasteiger partial charge in [-0.25, -0.2) is 4.98 Å². The molecule has 4 nitrogen and oxygen atoms in total. The van der Waals surface area contributed by atoms with Gasteiger partial charge in [0, 0.05) is 29.8 Å². The predicted molar refractivity (Wildman–Crippen MR) is 106 cm³/mol. The summed E-state index contributed by atoms with van der Waals surface area (Å²) in [5, 5.41) is 12.5. The van der Waals surface area contributed by atoms with Crippen LogP contribution in [0.1, 0.15) is 69.0 Å². The third-order valence-electron chi connectivity index (χ3n) is 7.14. The standard InChI is InChI=1S/C21H34N2O2S/c1-7-23(8-2)20(25)12(3)15-9-10-21(6)11-16-18(22-14(5)26-16)13(4)17(21)19(15)24/h12-13,15,17,19,24H,7-11H2,1-6H3/t12-,13-,15+,17+,19-,21-/m0/s1. The molecule has 0 unspecified atom stereocenters. The lowest BCUT2D eigenvalue weighted by Crippen LogP contribution is -2.53. The lowest BCUT2D eigenvalue weighted by molar-refractivity contribution is -0.144. The van der Waals surface area contributed by atoms with Crippen molar-refractivity contribution in [3.05, 3.63) is 15.6 Å². The normalized spacial score (nSPS) is 34.7.